The maximum atomic E-state index is 11.6. The minimum absolute atomic E-state index is 0.0536. The van der Waals surface area contributed by atoms with Gasteiger partial charge in [0.2, 0.25) is 5.91 Å². The van der Waals surface area contributed by atoms with Crippen LogP contribution < -0.4 is 10.5 Å². The Morgan fingerprint density at radius 1 is 1.50 bits per heavy atom. The Hall–Kier alpha value is -1.55. The predicted molar refractivity (Wildman–Crippen MR) is 72.6 cm³/mol. The van der Waals surface area contributed by atoms with Gasteiger partial charge in [-0.3, -0.25) is 4.79 Å². The number of amides is 1. The molecule has 4 nitrogen and oxygen atoms in total. The van der Waals surface area contributed by atoms with Crippen molar-refractivity contribution in [2.45, 2.75) is 26.3 Å². The number of ether oxygens (including phenoxy) is 1. The Morgan fingerprint density at radius 2 is 2.22 bits per heavy atom. The number of hydrogen-bond donors (Lipinski definition) is 1. The number of nitrogens with two attached hydrogens (primary N) is 1. The van der Waals surface area contributed by atoms with Crippen molar-refractivity contribution in [3.63, 3.8) is 0 Å². The van der Waals surface area contributed by atoms with Crippen molar-refractivity contribution in [2.24, 2.45) is 5.73 Å². The Morgan fingerprint density at radius 3 is 2.83 bits per heavy atom. The zero-order valence-corrected chi connectivity index (χ0v) is 11.3. The fourth-order valence-electron chi connectivity index (χ4n) is 1.56. The smallest absolute Gasteiger partial charge is 0.223 e. The highest BCUT2D eigenvalue weighted by molar-refractivity contribution is 5.76. The summed E-state index contributed by atoms with van der Waals surface area (Å²) in [6, 6.07) is 7.76. The van der Waals surface area contributed by atoms with E-state index >= 15 is 0 Å². The molecule has 0 heterocycles. The first-order valence-corrected chi connectivity index (χ1v) is 6.18. The van der Waals surface area contributed by atoms with Gasteiger partial charge < -0.3 is 15.4 Å². The molecule has 0 spiro atoms. The van der Waals surface area contributed by atoms with Crippen LogP contribution in [0.3, 0.4) is 0 Å². The van der Waals surface area contributed by atoms with E-state index in [1.54, 1.807) is 11.9 Å². The fraction of sp³-hybridized carbons (Fsp3) is 0.500. The lowest BCUT2D eigenvalue weighted by atomic mass is 10.2. The van der Waals surface area contributed by atoms with E-state index in [0.717, 1.165) is 11.3 Å². The van der Waals surface area contributed by atoms with Crippen LogP contribution in [0.1, 0.15) is 18.9 Å². The molecule has 100 valence electrons. The van der Waals surface area contributed by atoms with Crippen molar-refractivity contribution in [1.29, 1.82) is 0 Å². The summed E-state index contributed by atoms with van der Waals surface area (Å²) in [5.41, 5.74) is 6.75. The molecular formula is C14H22N2O2. The van der Waals surface area contributed by atoms with E-state index in [1.807, 2.05) is 38.1 Å². The molecule has 1 unspecified atom stereocenters. The molecule has 0 saturated heterocycles. The topological polar surface area (TPSA) is 55.6 Å². The second-order valence-electron chi connectivity index (χ2n) is 4.66. The SMILES string of the molecule is Cc1cccc(OCCN(C)C(=O)CC(C)N)c1. The fourth-order valence-corrected chi connectivity index (χ4v) is 1.56. The van der Waals surface area contributed by atoms with E-state index < -0.39 is 0 Å². The zero-order chi connectivity index (χ0) is 13.5. The summed E-state index contributed by atoms with van der Waals surface area (Å²) in [4.78, 5) is 13.3. The van der Waals surface area contributed by atoms with E-state index in [9.17, 15) is 4.79 Å². The number of likely N-dealkylation sites (N-methyl/N-ethyl adjacent to an activating group) is 1. The van der Waals surface area contributed by atoms with Crippen molar-refractivity contribution in [3.8, 4) is 5.75 Å². The van der Waals surface area contributed by atoms with Crippen LogP contribution in [0.4, 0.5) is 0 Å². The standard InChI is InChI=1S/C14H22N2O2/c1-11-5-4-6-13(9-11)18-8-7-16(3)14(17)10-12(2)15/h4-6,9,12H,7-8,10,15H2,1-3H3. The van der Waals surface area contributed by atoms with E-state index in [-0.39, 0.29) is 11.9 Å². The average molecular weight is 250 g/mol. The van der Waals surface area contributed by atoms with Crippen LogP contribution in [0, 0.1) is 6.92 Å². The van der Waals surface area contributed by atoms with Crippen LogP contribution in [-0.4, -0.2) is 37.0 Å². The molecule has 18 heavy (non-hydrogen) atoms. The molecule has 1 aromatic carbocycles. The average Bonchev–Trinajstić information content (AvgIpc) is 2.28. The van der Waals surface area contributed by atoms with Crippen LogP contribution in [0.25, 0.3) is 0 Å². The minimum Gasteiger partial charge on any atom is -0.492 e. The molecule has 0 aromatic heterocycles. The van der Waals surface area contributed by atoms with Crippen LogP contribution in [0.2, 0.25) is 0 Å². The van der Waals surface area contributed by atoms with Gasteiger partial charge >= 0.3 is 0 Å². The number of rotatable bonds is 6. The lowest BCUT2D eigenvalue weighted by Crippen LogP contribution is -2.34. The molecule has 1 rings (SSSR count). The molecule has 1 aromatic rings. The molecule has 1 amide bonds. The lowest BCUT2D eigenvalue weighted by molar-refractivity contribution is -0.130. The van der Waals surface area contributed by atoms with Gasteiger partial charge in [0, 0.05) is 19.5 Å². The zero-order valence-electron chi connectivity index (χ0n) is 11.3. The van der Waals surface area contributed by atoms with E-state index in [1.165, 1.54) is 0 Å². The molecule has 0 saturated carbocycles. The summed E-state index contributed by atoms with van der Waals surface area (Å²) in [7, 11) is 1.77. The van der Waals surface area contributed by atoms with Crippen molar-refractivity contribution >= 4 is 5.91 Å². The van der Waals surface area contributed by atoms with Gasteiger partial charge in [0.25, 0.3) is 0 Å². The Kier molecular flexibility index (Phi) is 5.65. The molecule has 0 bridgehead atoms. The van der Waals surface area contributed by atoms with Gasteiger partial charge in [0.1, 0.15) is 12.4 Å². The summed E-state index contributed by atoms with van der Waals surface area (Å²) in [5.74, 6) is 0.890. The molecular weight excluding hydrogens is 228 g/mol. The number of nitrogens with zero attached hydrogens (tertiary/aromatic N) is 1. The third-order valence-electron chi connectivity index (χ3n) is 2.61. The van der Waals surface area contributed by atoms with E-state index in [0.29, 0.717) is 19.6 Å². The summed E-state index contributed by atoms with van der Waals surface area (Å²) in [6.07, 6.45) is 0.376. The highest BCUT2D eigenvalue weighted by atomic mass is 16.5. The largest absolute Gasteiger partial charge is 0.492 e. The molecule has 0 aliphatic carbocycles. The summed E-state index contributed by atoms with van der Waals surface area (Å²) < 4.78 is 5.59. The highest BCUT2D eigenvalue weighted by Crippen LogP contribution is 2.12. The normalized spacial score (nSPS) is 12.0. The quantitative estimate of drug-likeness (QED) is 0.833. The first kappa shape index (κ1) is 14.5. The number of hydrogen-bond acceptors (Lipinski definition) is 3. The van der Waals surface area contributed by atoms with Gasteiger partial charge in [-0.25, -0.2) is 0 Å². The first-order valence-electron chi connectivity index (χ1n) is 6.18. The first-order chi connectivity index (χ1) is 8.49. The van der Waals surface area contributed by atoms with Crippen LogP contribution in [-0.2, 0) is 4.79 Å². The molecule has 0 radical (unpaired) electrons. The minimum atomic E-state index is -0.0994. The van der Waals surface area contributed by atoms with Gasteiger partial charge in [-0.2, -0.15) is 0 Å². The Bertz CT molecular complexity index is 391. The Balaban J connectivity index is 2.31. The summed E-state index contributed by atoms with van der Waals surface area (Å²) in [6.45, 7) is 4.91. The second kappa shape index (κ2) is 7.01. The van der Waals surface area contributed by atoms with Crippen LogP contribution in [0.5, 0.6) is 5.75 Å². The highest BCUT2D eigenvalue weighted by Gasteiger charge is 2.10. The second-order valence-corrected chi connectivity index (χ2v) is 4.66. The number of carbonyl (C=O) groups is 1. The monoisotopic (exact) mass is 250 g/mol. The maximum Gasteiger partial charge on any atom is 0.223 e. The third-order valence-corrected chi connectivity index (χ3v) is 2.61. The molecule has 1 atom stereocenters. The number of carbonyl (C=O) groups excluding carboxylic acids is 1. The molecule has 0 aliphatic heterocycles. The van der Waals surface area contributed by atoms with Gasteiger partial charge in [-0.05, 0) is 31.5 Å². The van der Waals surface area contributed by atoms with Crippen LogP contribution in [0.15, 0.2) is 24.3 Å². The van der Waals surface area contributed by atoms with E-state index in [4.69, 9.17) is 10.5 Å². The van der Waals surface area contributed by atoms with Crippen molar-refractivity contribution in [2.75, 3.05) is 20.2 Å². The third kappa shape index (κ3) is 5.19. The van der Waals surface area contributed by atoms with Crippen molar-refractivity contribution in [1.82, 2.24) is 4.90 Å². The van der Waals surface area contributed by atoms with E-state index in [2.05, 4.69) is 0 Å². The Labute approximate surface area is 109 Å². The summed E-state index contributed by atoms with van der Waals surface area (Å²) >= 11 is 0. The van der Waals surface area contributed by atoms with Crippen molar-refractivity contribution in [3.05, 3.63) is 29.8 Å². The lowest BCUT2D eigenvalue weighted by Gasteiger charge is -2.18. The number of benzene rings is 1. The van der Waals surface area contributed by atoms with Gasteiger partial charge in [-0.15, -0.1) is 0 Å². The van der Waals surface area contributed by atoms with Crippen molar-refractivity contribution < 1.29 is 9.53 Å². The predicted octanol–water partition coefficient (Wildman–Crippen LogP) is 1.57. The molecule has 2 N–H and O–H groups in total. The van der Waals surface area contributed by atoms with Crippen LogP contribution >= 0.6 is 0 Å². The molecule has 4 heteroatoms. The number of aryl methyl sites for hydroxylation is 1. The molecule has 0 fully saturated rings. The van der Waals surface area contributed by atoms with Gasteiger partial charge in [0.05, 0.1) is 6.54 Å². The van der Waals surface area contributed by atoms with Gasteiger partial charge in [0.15, 0.2) is 0 Å². The summed E-state index contributed by atoms with van der Waals surface area (Å²) in [5, 5.41) is 0. The molecule has 0 aliphatic rings. The van der Waals surface area contributed by atoms with Gasteiger partial charge in [-0.1, -0.05) is 12.1 Å². The maximum absolute atomic E-state index is 11.6.